The first-order chi connectivity index (χ1) is 27.1. The SMILES string of the molecule is CCCCCCCCCCOC(=O)CC[C@@H](C)[C@H]1CC[C@@H](C)[C@]1(C)[C@H](C[C@@H](C)[C@@](C)(CC[C@H](CC)OC(=O)CCN)CC[C@H](C)OC(=O)CCN)OC(=O)CCN. The summed E-state index contributed by atoms with van der Waals surface area (Å²) in [5, 5.41) is 0. The molecular weight excluding hydrogens is 723 g/mol. The molecule has 0 unspecified atom stereocenters. The summed E-state index contributed by atoms with van der Waals surface area (Å²) in [7, 11) is 0. The van der Waals surface area contributed by atoms with E-state index < -0.39 is 0 Å². The Kier molecular flexibility index (Phi) is 26.9. The minimum absolute atomic E-state index is 0.0873. The molecule has 57 heavy (non-hydrogen) atoms. The van der Waals surface area contributed by atoms with Crippen LogP contribution in [0.3, 0.4) is 0 Å². The van der Waals surface area contributed by atoms with Gasteiger partial charge in [0.15, 0.2) is 0 Å². The largest absolute Gasteiger partial charge is 0.466 e. The Balaban J connectivity index is 3.20. The van der Waals surface area contributed by atoms with Crippen molar-refractivity contribution in [2.24, 2.45) is 51.7 Å². The van der Waals surface area contributed by atoms with Gasteiger partial charge in [-0.1, -0.05) is 93.4 Å². The second-order valence-electron chi connectivity index (χ2n) is 17.9. The van der Waals surface area contributed by atoms with Crippen LogP contribution in [0.25, 0.3) is 0 Å². The normalized spacial score (nSPS) is 21.8. The minimum Gasteiger partial charge on any atom is -0.466 e. The van der Waals surface area contributed by atoms with Gasteiger partial charge in [0.25, 0.3) is 0 Å². The van der Waals surface area contributed by atoms with Crippen molar-refractivity contribution in [1.29, 1.82) is 0 Å². The summed E-state index contributed by atoms with van der Waals surface area (Å²) in [6, 6.07) is 0. The summed E-state index contributed by atoms with van der Waals surface area (Å²) in [6.07, 6.45) is 16.5. The van der Waals surface area contributed by atoms with Crippen LogP contribution in [-0.4, -0.2) is 68.4 Å². The molecule has 0 aromatic heterocycles. The van der Waals surface area contributed by atoms with Gasteiger partial charge in [0.1, 0.15) is 12.2 Å². The fourth-order valence-electron chi connectivity index (χ4n) is 9.09. The van der Waals surface area contributed by atoms with E-state index in [1.807, 2.05) is 13.8 Å². The van der Waals surface area contributed by atoms with E-state index in [4.69, 9.17) is 36.1 Å². The maximum atomic E-state index is 13.3. The lowest BCUT2D eigenvalue weighted by molar-refractivity contribution is -0.164. The van der Waals surface area contributed by atoms with E-state index in [2.05, 4.69) is 41.5 Å². The van der Waals surface area contributed by atoms with Crippen molar-refractivity contribution in [2.45, 2.75) is 209 Å². The lowest BCUT2D eigenvalue weighted by atomic mass is 9.61. The van der Waals surface area contributed by atoms with Crippen molar-refractivity contribution < 1.29 is 38.1 Å². The van der Waals surface area contributed by atoms with Gasteiger partial charge in [0, 0.05) is 31.5 Å². The molecule has 6 N–H and O–H groups in total. The summed E-state index contributed by atoms with van der Waals surface area (Å²) >= 11 is 0. The molecule has 1 aliphatic carbocycles. The Labute approximate surface area is 347 Å². The van der Waals surface area contributed by atoms with Crippen molar-refractivity contribution >= 4 is 23.9 Å². The van der Waals surface area contributed by atoms with E-state index in [1.54, 1.807) is 0 Å². The van der Waals surface area contributed by atoms with Crippen molar-refractivity contribution in [3.05, 3.63) is 0 Å². The molecule has 0 aromatic carbocycles. The van der Waals surface area contributed by atoms with Gasteiger partial charge in [-0.3, -0.25) is 19.2 Å². The molecule has 1 rings (SSSR count). The van der Waals surface area contributed by atoms with Crippen molar-refractivity contribution in [3.8, 4) is 0 Å². The molecule has 0 aromatic rings. The lowest BCUT2D eigenvalue weighted by Gasteiger charge is -2.47. The van der Waals surface area contributed by atoms with Crippen LogP contribution in [0.4, 0.5) is 0 Å². The zero-order chi connectivity index (χ0) is 42.9. The van der Waals surface area contributed by atoms with E-state index in [9.17, 15) is 19.2 Å². The average molecular weight is 810 g/mol. The molecule has 1 saturated carbocycles. The van der Waals surface area contributed by atoms with Crippen molar-refractivity contribution in [2.75, 3.05) is 26.2 Å². The Morgan fingerprint density at radius 2 is 1.25 bits per heavy atom. The molecule has 11 nitrogen and oxygen atoms in total. The molecule has 0 bridgehead atoms. The lowest BCUT2D eigenvalue weighted by Crippen LogP contribution is -2.47. The average Bonchev–Trinajstić information content (AvgIpc) is 3.47. The Bertz CT molecular complexity index is 1140. The maximum Gasteiger partial charge on any atom is 0.307 e. The monoisotopic (exact) mass is 810 g/mol. The molecule has 0 amide bonds. The van der Waals surface area contributed by atoms with Gasteiger partial charge in [-0.05, 0) is 100 Å². The fraction of sp³-hybridized carbons (Fsp3) is 0.913. The highest BCUT2D eigenvalue weighted by molar-refractivity contribution is 5.70. The molecule has 0 aliphatic heterocycles. The number of rotatable bonds is 33. The third kappa shape index (κ3) is 19.6. The van der Waals surface area contributed by atoms with Gasteiger partial charge in [-0.25, -0.2) is 0 Å². The second kappa shape index (κ2) is 29.1. The number of hydrogen-bond acceptors (Lipinski definition) is 11. The van der Waals surface area contributed by atoms with Crippen LogP contribution in [-0.2, 0) is 38.1 Å². The number of carbonyl (C=O) groups is 4. The van der Waals surface area contributed by atoms with Gasteiger partial charge in [-0.15, -0.1) is 0 Å². The first-order valence-electron chi connectivity index (χ1n) is 23.0. The predicted molar refractivity (Wildman–Crippen MR) is 229 cm³/mol. The first-order valence-corrected chi connectivity index (χ1v) is 23.0. The van der Waals surface area contributed by atoms with E-state index >= 15 is 0 Å². The number of ether oxygens (including phenoxy) is 4. The molecule has 0 radical (unpaired) electrons. The van der Waals surface area contributed by atoms with Gasteiger partial charge >= 0.3 is 23.9 Å². The molecule has 9 atom stereocenters. The molecule has 0 heterocycles. The van der Waals surface area contributed by atoms with Crippen LogP contribution >= 0.6 is 0 Å². The molecule has 0 saturated heterocycles. The highest BCUT2D eigenvalue weighted by atomic mass is 16.6. The third-order valence-corrected chi connectivity index (χ3v) is 13.5. The highest BCUT2D eigenvalue weighted by Crippen LogP contribution is 2.56. The number of esters is 4. The molecule has 11 heteroatoms. The zero-order valence-electron chi connectivity index (χ0n) is 37.7. The molecule has 334 valence electrons. The quantitative estimate of drug-likeness (QED) is 0.0327. The Morgan fingerprint density at radius 1 is 0.702 bits per heavy atom. The van der Waals surface area contributed by atoms with E-state index in [0.717, 1.165) is 44.9 Å². The second-order valence-corrected chi connectivity index (χ2v) is 17.9. The number of nitrogens with two attached hydrogens (primary N) is 3. The Hall–Kier alpha value is -2.24. The molecule has 1 fully saturated rings. The van der Waals surface area contributed by atoms with E-state index in [-0.39, 0.29) is 110 Å². The van der Waals surface area contributed by atoms with Crippen LogP contribution in [0.15, 0.2) is 0 Å². The van der Waals surface area contributed by atoms with Crippen LogP contribution in [0.5, 0.6) is 0 Å². The van der Waals surface area contributed by atoms with Gasteiger partial charge < -0.3 is 36.1 Å². The van der Waals surface area contributed by atoms with Gasteiger partial charge in [-0.2, -0.15) is 0 Å². The summed E-state index contributed by atoms with van der Waals surface area (Å²) in [4.78, 5) is 50.8. The first kappa shape index (κ1) is 52.8. The summed E-state index contributed by atoms with van der Waals surface area (Å²) in [5.74, 6) is -0.149. The van der Waals surface area contributed by atoms with Crippen LogP contribution in [0.1, 0.15) is 190 Å². The predicted octanol–water partition coefficient (Wildman–Crippen LogP) is 8.94. The zero-order valence-corrected chi connectivity index (χ0v) is 37.7. The summed E-state index contributed by atoms with van der Waals surface area (Å²) < 4.78 is 23.6. The topological polar surface area (TPSA) is 183 Å². The van der Waals surface area contributed by atoms with Gasteiger partial charge in [0.2, 0.25) is 0 Å². The van der Waals surface area contributed by atoms with Crippen molar-refractivity contribution in [3.63, 3.8) is 0 Å². The number of carbonyl (C=O) groups excluding carboxylic acids is 4. The summed E-state index contributed by atoms with van der Waals surface area (Å²) in [6.45, 7) is 18.7. The third-order valence-electron chi connectivity index (χ3n) is 13.5. The number of hydrogen-bond donors (Lipinski definition) is 3. The Morgan fingerprint density at radius 3 is 1.82 bits per heavy atom. The molecular formula is C46H87N3O8. The smallest absolute Gasteiger partial charge is 0.307 e. The van der Waals surface area contributed by atoms with Crippen LogP contribution in [0.2, 0.25) is 0 Å². The fourth-order valence-corrected chi connectivity index (χ4v) is 9.09. The van der Waals surface area contributed by atoms with E-state index in [0.29, 0.717) is 44.6 Å². The van der Waals surface area contributed by atoms with Crippen LogP contribution < -0.4 is 17.2 Å². The van der Waals surface area contributed by atoms with Gasteiger partial charge in [0.05, 0.1) is 32.0 Å². The summed E-state index contributed by atoms with van der Waals surface area (Å²) in [5.41, 5.74) is 16.5. The highest BCUT2D eigenvalue weighted by Gasteiger charge is 2.53. The number of unbranched alkanes of at least 4 members (excludes halogenated alkanes) is 7. The van der Waals surface area contributed by atoms with E-state index in [1.165, 1.54) is 38.5 Å². The molecule has 1 aliphatic rings. The maximum absolute atomic E-state index is 13.3. The molecule has 0 spiro atoms. The van der Waals surface area contributed by atoms with Crippen molar-refractivity contribution in [1.82, 2.24) is 0 Å². The van der Waals surface area contributed by atoms with Crippen LogP contribution in [0, 0.1) is 34.5 Å². The standard InChI is InChI=1S/C46H87N3O8/c1-9-11-12-13-14-15-16-17-32-54-41(50)21-18-34(3)39-20-19-35(4)46(39,8)40(57-44(53)26-31-49)33-36(5)45(7,27-22-37(6)55-42(51)24-29-47)28-23-38(10-2)56-43(52)25-30-48/h34-40H,9-33,47-49H2,1-8H3/t34-,35-,36-,37+,38+,39-,40+,45-,46+/m1/s1. The minimum atomic E-state index is -0.367.